The van der Waals surface area contributed by atoms with Crippen LogP contribution in [0.15, 0.2) is 48.7 Å². The summed E-state index contributed by atoms with van der Waals surface area (Å²) in [6, 6.07) is 14.3. The summed E-state index contributed by atoms with van der Waals surface area (Å²) in [5.74, 6) is 0.757. The fourth-order valence-electron chi connectivity index (χ4n) is 4.90. The predicted molar refractivity (Wildman–Crippen MR) is 117 cm³/mol. The molecule has 150 valence electrons. The number of nitrogens with zero attached hydrogens (tertiary/aromatic N) is 4. The molecule has 2 unspecified atom stereocenters. The number of benzene rings is 2. The third-order valence-electron chi connectivity index (χ3n) is 6.58. The minimum atomic E-state index is 0.0977. The number of fused-ring (bicyclic) bond motifs is 4. The Balaban J connectivity index is 1.36. The van der Waals surface area contributed by atoms with Crippen LogP contribution in [-0.4, -0.2) is 62.9 Å². The summed E-state index contributed by atoms with van der Waals surface area (Å²) in [7, 11) is 2.14. The normalized spacial score (nSPS) is 21.2. The molecule has 7 nitrogen and oxygen atoms in total. The maximum atomic E-state index is 13.1. The topological polar surface area (TPSA) is 91.1 Å². The van der Waals surface area contributed by atoms with Gasteiger partial charge < -0.3 is 15.6 Å². The summed E-state index contributed by atoms with van der Waals surface area (Å²) in [6.45, 7) is 1.77. The largest absolute Gasteiger partial charge is 0.398 e. The Morgan fingerprint density at radius 3 is 2.80 bits per heavy atom. The van der Waals surface area contributed by atoms with Gasteiger partial charge >= 0.3 is 0 Å². The molecule has 0 radical (unpaired) electrons. The number of nitrogens with one attached hydrogen (secondary N) is 1. The van der Waals surface area contributed by atoms with Gasteiger partial charge in [-0.25, -0.2) is 4.98 Å². The van der Waals surface area contributed by atoms with E-state index in [0.29, 0.717) is 29.2 Å². The summed E-state index contributed by atoms with van der Waals surface area (Å²) >= 11 is 0. The number of H-pyrrole nitrogens is 1. The van der Waals surface area contributed by atoms with Crippen LogP contribution in [0, 0.1) is 0 Å². The number of anilines is 1. The lowest BCUT2D eigenvalue weighted by atomic mass is 10.1. The number of imidazole rings is 1. The first-order valence-corrected chi connectivity index (χ1v) is 10.2. The zero-order valence-electron chi connectivity index (χ0n) is 16.7. The van der Waals surface area contributed by atoms with E-state index in [1.807, 2.05) is 47.4 Å². The number of nitrogens with two attached hydrogens (primary N) is 1. The van der Waals surface area contributed by atoms with Crippen LogP contribution in [0.4, 0.5) is 5.69 Å². The van der Waals surface area contributed by atoms with Crippen molar-refractivity contribution in [1.29, 1.82) is 0 Å². The molecule has 1 amide bonds. The number of amides is 1. The fourth-order valence-corrected chi connectivity index (χ4v) is 4.90. The minimum Gasteiger partial charge on any atom is -0.398 e. The van der Waals surface area contributed by atoms with E-state index in [2.05, 4.69) is 26.9 Å². The van der Waals surface area contributed by atoms with Crippen LogP contribution in [0.2, 0.25) is 0 Å². The van der Waals surface area contributed by atoms with Crippen LogP contribution < -0.4 is 5.73 Å². The van der Waals surface area contributed by atoms with Crippen molar-refractivity contribution < 1.29 is 4.79 Å². The summed E-state index contributed by atoms with van der Waals surface area (Å²) in [5.41, 5.74) is 11.0. The van der Waals surface area contributed by atoms with Crippen molar-refractivity contribution in [2.75, 3.05) is 25.9 Å². The third kappa shape index (κ3) is 2.52. The van der Waals surface area contributed by atoms with Crippen molar-refractivity contribution in [2.45, 2.75) is 18.5 Å². The van der Waals surface area contributed by atoms with Gasteiger partial charge in [0.2, 0.25) is 0 Å². The van der Waals surface area contributed by atoms with Crippen molar-refractivity contribution in [1.82, 2.24) is 24.8 Å². The molecule has 0 aliphatic carbocycles. The molecule has 2 aromatic heterocycles. The van der Waals surface area contributed by atoms with Crippen LogP contribution in [-0.2, 0) is 0 Å². The second-order valence-corrected chi connectivity index (χ2v) is 8.36. The lowest BCUT2D eigenvalue weighted by Crippen LogP contribution is -2.47. The van der Waals surface area contributed by atoms with Crippen molar-refractivity contribution >= 4 is 33.5 Å². The van der Waals surface area contributed by atoms with Crippen molar-refractivity contribution in [3.8, 4) is 11.4 Å². The molecule has 0 spiro atoms. The molecular formula is C23H22N6O. The predicted octanol–water partition coefficient (Wildman–Crippen LogP) is 2.89. The van der Waals surface area contributed by atoms with E-state index >= 15 is 0 Å². The molecular weight excluding hydrogens is 376 g/mol. The van der Waals surface area contributed by atoms with E-state index in [0.717, 1.165) is 47.0 Å². The maximum Gasteiger partial charge on any atom is 0.254 e. The Hall–Kier alpha value is -3.45. The number of nitrogen functional groups attached to an aromatic ring is 1. The van der Waals surface area contributed by atoms with Crippen molar-refractivity contribution in [3.05, 3.63) is 54.2 Å². The molecule has 2 fully saturated rings. The lowest BCUT2D eigenvalue weighted by Gasteiger charge is -2.32. The molecule has 2 bridgehead atoms. The molecule has 2 aromatic carbocycles. The number of likely N-dealkylation sites (N-methyl/N-ethyl adjacent to an activating group) is 1. The summed E-state index contributed by atoms with van der Waals surface area (Å²) in [5, 5.41) is 0.903. The molecule has 3 N–H and O–H groups in total. The second-order valence-electron chi connectivity index (χ2n) is 8.36. The molecule has 6 rings (SSSR count). The number of aromatic amines is 1. The Morgan fingerprint density at radius 1 is 1.13 bits per heavy atom. The van der Waals surface area contributed by atoms with Crippen LogP contribution in [0.3, 0.4) is 0 Å². The molecule has 2 atom stereocenters. The average molecular weight is 398 g/mol. The molecule has 7 heteroatoms. The fraction of sp³-hybridized carbons (Fsp3) is 0.261. The number of aromatic nitrogens is 3. The average Bonchev–Trinajstić information content (AvgIpc) is 3.46. The van der Waals surface area contributed by atoms with Gasteiger partial charge in [0.1, 0.15) is 5.82 Å². The van der Waals surface area contributed by atoms with Crippen LogP contribution in [0.25, 0.3) is 33.3 Å². The van der Waals surface area contributed by atoms with E-state index < -0.39 is 0 Å². The van der Waals surface area contributed by atoms with Gasteiger partial charge in [0.25, 0.3) is 5.91 Å². The maximum absolute atomic E-state index is 13.1. The van der Waals surface area contributed by atoms with Gasteiger partial charge in [-0.05, 0) is 37.7 Å². The van der Waals surface area contributed by atoms with Gasteiger partial charge in [0.15, 0.2) is 0 Å². The second kappa shape index (κ2) is 6.27. The first kappa shape index (κ1) is 17.4. The number of carbonyl (C=O) groups excluding carboxylic acids is 1. The molecule has 4 aromatic rings. The van der Waals surface area contributed by atoms with E-state index in [4.69, 9.17) is 5.73 Å². The Bertz CT molecular complexity index is 1310. The van der Waals surface area contributed by atoms with Gasteiger partial charge in [-0.3, -0.25) is 14.7 Å². The summed E-state index contributed by atoms with van der Waals surface area (Å²) < 4.78 is 0. The van der Waals surface area contributed by atoms with Crippen molar-refractivity contribution in [2.24, 2.45) is 0 Å². The smallest absolute Gasteiger partial charge is 0.254 e. The number of rotatable bonds is 2. The highest BCUT2D eigenvalue weighted by Crippen LogP contribution is 2.32. The third-order valence-corrected chi connectivity index (χ3v) is 6.58. The number of hydrogen-bond acceptors (Lipinski definition) is 5. The van der Waals surface area contributed by atoms with E-state index in [1.54, 1.807) is 6.20 Å². The van der Waals surface area contributed by atoms with E-state index in [9.17, 15) is 4.79 Å². The van der Waals surface area contributed by atoms with Gasteiger partial charge in [-0.1, -0.05) is 18.2 Å². The van der Waals surface area contributed by atoms with Gasteiger partial charge in [0, 0.05) is 42.3 Å². The molecule has 2 aliphatic heterocycles. The highest BCUT2D eigenvalue weighted by atomic mass is 16.2. The number of pyridine rings is 1. The van der Waals surface area contributed by atoms with E-state index in [-0.39, 0.29) is 5.91 Å². The molecule has 2 saturated heterocycles. The molecule has 30 heavy (non-hydrogen) atoms. The zero-order valence-corrected chi connectivity index (χ0v) is 16.7. The summed E-state index contributed by atoms with van der Waals surface area (Å²) in [4.78, 5) is 30.0. The highest BCUT2D eigenvalue weighted by molar-refractivity contribution is 6.00. The van der Waals surface area contributed by atoms with Gasteiger partial charge in [-0.15, -0.1) is 0 Å². The number of carbonyl (C=O) groups is 1. The molecule has 4 heterocycles. The number of piperazine rings is 1. The Kier molecular flexibility index (Phi) is 3.64. The quantitative estimate of drug-likeness (QED) is 0.542. The SMILES string of the molecule is CN1CC2CC1CN2C(=O)c1ccc2nc(-c3cnc4ccccc4c3N)[nH]c2c1. The van der Waals surface area contributed by atoms with Crippen LogP contribution >= 0.6 is 0 Å². The van der Waals surface area contributed by atoms with Gasteiger partial charge in [0.05, 0.1) is 27.8 Å². The van der Waals surface area contributed by atoms with E-state index in [1.165, 1.54) is 0 Å². The van der Waals surface area contributed by atoms with Crippen LogP contribution in [0.1, 0.15) is 16.8 Å². The number of para-hydroxylation sites is 1. The highest BCUT2D eigenvalue weighted by Gasteiger charge is 2.43. The first-order valence-electron chi connectivity index (χ1n) is 10.2. The van der Waals surface area contributed by atoms with Crippen LogP contribution in [0.5, 0.6) is 0 Å². The Morgan fingerprint density at radius 2 is 2.00 bits per heavy atom. The minimum absolute atomic E-state index is 0.0977. The lowest BCUT2D eigenvalue weighted by molar-refractivity contribution is 0.0650. The van der Waals surface area contributed by atoms with Gasteiger partial charge in [-0.2, -0.15) is 0 Å². The number of likely N-dealkylation sites (tertiary alicyclic amines) is 2. The molecule has 0 saturated carbocycles. The first-order chi connectivity index (χ1) is 14.6. The monoisotopic (exact) mass is 398 g/mol. The van der Waals surface area contributed by atoms with Crippen molar-refractivity contribution in [3.63, 3.8) is 0 Å². The number of hydrogen-bond donors (Lipinski definition) is 2. The Labute approximate surface area is 173 Å². The standard InChI is InChI=1S/C23H22N6O/c1-28-11-15-9-14(28)12-29(15)23(30)13-6-7-19-20(8-13)27-22(26-19)17-10-25-18-5-3-2-4-16(18)21(17)24/h2-8,10,14-15H,9,11-12H2,1H3,(H2,24,25)(H,26,27). The summed E-state index contributed by atoms with van der Waals surface area (Å²) in [6.07, 6.45) is 2.83. The zero-order chi connectivity index (χ0) is 20.4. The molecule has 2 aliphatic rings.